The molecule has 1 aliphatic heterocycles. The molecular formula is C14H25N3S. The molecule has 18 heavy (non-hydrogen) atoms. The molecule has 0 aliphatic carbocycles. The highest BCUT2D eigenvalue weighted by Gasteiger charge is 2.19. The number of hydrogen-bond acceptors (Lipinski definition) is 4. The van der Waals surface area contributed by atoms with Crippen LogP contribution < -0.4 is 5.32 Å². The molecule has 1 atom stereocenters. The summed E-state index contributed by atoms with van der Waals surface area (Å²) < 4.78 is 0. The molecule has 1 aromatic rings. The fourth-order valence-corrected chi connectivity index (χ4v) is 3.83. The van der Waals surface area contributed by atoms with Gasteiger partial charge in [-0.15, -0.1) is 11.3 Å². The van der Waals surface area contributed by atoms with Gasteiger partial charge in [0, 0.05) is 43.4 Å². The van der Waals surface area contributed by atoms with Crippen molar-refractivity contribution in [2.45, 2.75) is 39.7 Å². The lowest BCUT2D eigenvalue weighted by Gasteiger charge is -2.30. The number of likely N-dealkylation sites (N-methyl/N-ethyl adjacent to an activating group) is 1. The van der Waals surface area contributed by atoms with Gasteiger partial charge >= 0.3 is 0 Å². The first kappa shape index (κ1) is 14.0. The number of hydrogen-bond donors (Lipinski definition) is 1. The van der Waals surface area contributed by atoms with E-state index in [2.05, 4.69) is 38.0 Å². The third-order valence-corrected chi connectivity index (χ3v) is 4.61. The van der Waals surface area contributed by atoms with Crippen LogP contribution in [0.4, 0.5) is 0 Å². The van der Waals surface area contributed by atoms with Gasteiger partial charge in [0.2, 0.25) is 0 Å². The molecule has 3 nitrogen and oxygen atoms in total. The number of aryl methyl sites for hydroxylation is 1. The number of rotatable bonds is 4. The highest BCUT2D eigenvalue weighted by molar-refractivity contribution is 7.11. The van der Waals surface area contributed by atoms with E-state index in [4.69, 9.17) is 4.98 Å². The molecule has 1 aromatic heterocycles. The second kappa shape index (κ2) is 6.13. The fraction of sp³-hybridized carbons (Fsp3) is 0.786. The Hall–Kier alpha value is -0.450. The van der Waals surface area contributed by atoms with Crippen molar-refractivity contribution < 1.29 is 0 Å². The maximum absolute atomic E-state index is 4.71. The summed E-state index contributed by atoms with van der Waals surface area (Å²) in [6.45, 7) is 10.1. The van der Waals surface area contributed by atoms with Crippen LogP contribution in [0.5, 0.6) is 0 Å². The minimum Gasteiger partial charge on any atom is -0.311 e. The summed E-state index contributed by atoms with van der Waals surface area (Å²) in [4.78, 5) is 8.59. The van der Waals surface area contributed by atoms with Gasteiger partial charge in [0.25, 0.3) is 0 Å². The Bertz CT molecular complexity index is 386. The SMILES string of the molecule is Cc1nc(CC(C)C)sc1CC1CN(C)CCN1. The van der Waals surface area contributed by atoms with Gasteiger partial charge in [-0.1, -0.05) is 13.8 Å². The second-order valence-corrected chi connectivity index (χ2v) is 7.00. The van der Waals surface area contributed by atoms with Gasteiger partial charge in [-0.25, -0.2) is 4.98 Å². The molecule has 1 unspecified atom stereocenters. The highest BCUT2D eigenvalue weighted by Crippen LogP contribution is 2.22. The minimum atomic E-state index is 0.592. The fourth-order valence-electron chi connectivity index (χ4n) is 2.47. The van der Waals surface area contributed by atoms with E-state index in [9.17, 15) is 0 Å². The minimum absolute atomic E-state index is 0.592. The molecule has 0 aromatic carbocycles. The summed E-state index contributed by atoms with van der Waals surface area (Å²) in [7, 11) is 2.21. The summed E-state index contributed by atoms with van der Waals surface area (Å²) in [6, 6.07) is 0.592. The largest absolute Gasteiger partial charge is 0.311 e. The molecule has 1 fully saturated rings. The Balaban J connectivity index is 1.98. The van der Waals surface area contributed by atoms with Gasteiger partial charge in [0.05, 0.1) is 10.7 Å². The number of piperazine rings is 1. The molecule has 2 rings (SSSR count). The van der Waals surface area contributed by atoms with Crippen LogP contribution in [0.2, 0.25) is 0 Å². The van der Waals surface area contributed by atoms with Crippen LogP contribution in [0, 0.1) is 12.8 Å². The van der Waals surface area contributed by atoms with E-state index in [0.717, 1.165) is 32.5 Å². The molecule has 4 heteroatoms. The maximum atomic E-state index is 4.71. The molecule has 0 spiro atoms. The molecule has 1 saturated heterocycles. The Morgan fingerprint density at radius 2 is 2.28 bits per heavy atom. The first-order valence-corrected chi connectivity index (χ1v) is 7.73. The van der Waals surface area contributed by atoms with Crippen LogP contribution in [0.1, 0.15) is 29.4 Å². The number of nitrogens with zero attached hydrogens (tertiary/aromatic N) is 2. The molecule has 0 saturated carbocycles. The maximum Gasteiger partial charge on any atom is 0.0933 e. The van der Waals surface area contributed by atoms with Crippen LogP contribution >= 0.6 is 11.3 Å². The van der Waals surface area contributed by atoms with E-state index in [0.29, 0.717) is 12.0 Å². The number of thiazole rings is 1. The van der Waals surface area contributed by atoms with Crippen molar-refractivity contribution >= 4 is 11.3 Å². The zero-order chi connectivity index (χ0) is 13.1. The van der Waals surface area contributed by atoms with Gasteiger partial charge in [-0.3, -0.25) is 0 Å². The summed E-state index contributed by atoms with van der Waals surface area (Å²) in [5, 5.41) is 4.92. The van der Waals surface area contributed by atoms with Crippen molar-refractivity contribution in [2.75, 3.05) is 26.7 Å². The zero-order valence-electron chi connectivity index (χ0n) is 12.0. The lowest BCUT2D eigenvalue weighted by Crippen LogP contribution is -2.49. The highest BCUT2D eigenvalue weighted by atomic mass is 32.1. The van der Waals surface area contributed by atoms with E-state index < -0.39 is 0 Å². The van der Waals surface area contributed by atoms with Gasteiger partial charge in [-0.05, 0) is 19.9 Å². The van der Waals surface area contributed by atoms with Crippen LogP contribution in [0.3, 0.4) is 0 Å². The molecular weight excluding hydrogens is 242 g/mol. The lowest BCUT2D eigenvalue weighted by molar-refractivity contribution is 0.238. The van der Waals surface area contributed by atoms with Crippen LogP contribution in [-0.4, -0.2) is 42.6 Å². The topological polar surface area (TPSA) is 28.2 Å². The summed E-state index contributed by atoms with van der Waals surface area (Å²) in [5.41, 5.74) is 1.24. The van der Waals surface area contributed by atoms with Crippen molar-refractivity contribution in [1.29, 1.82) is 0 Å². The summed E-state index contributed by atoms with van der Waals surface area (Å²) in [5.74, 6) is 0.697. The smallest absolute Gasteiger partial charge is 0.0933 e. The van der Waals surface area contributed by atoms with Gasteiger partial charge in [0.15, 0.2) is 0 Å². The Morgan fingerprint density at radius 3 is 2.94 bits per heavy atom. The van der Waals surface area contributed by atoms with Crippen LogP contribution in [-0.2, 0) is 12.8 Å². The third-order valence-electron chi connectivity index (χ3n) is 3.41. The predicted octanol–water partition coefficient (Wildman–Crippen LogP) is 2.10. The van der Waals surface area contributed by atoms with Gasteiger partial charge in [0.1, 0.15) is 0 Å². The first-order valence-electron chi connectivity index (χ1n) is 6.91. The zero-order valence-corrected chi connectivity index (χ0v) is 12.8. The van der Waals surface area contributed by atoms with Crippen molar-refractivity contribution in [3.63, 3.8) is 0 Å². The monoisotopic (exact) mass is 267 g/mol. The Morgan fingerprint density at radius 1 is 1.50 bits per heavy atom. The van der Waals surface area contributed by atoms with Crippen molar-refractivity contribution in [1.82, 2.24) is 15.2 Å². The molecule has 1 aliphatic rings. The van der Waals surface area contributed by atoms with Crippen LogP contribution in [0.25, 0.3) is 0 Å². The Labute approximate surface area is 115 Å². The predicted molar refractivity (Wildman–Crippen MR) is 78.4 cm³/mol. The normalized spacial score (nSPS) is 21.7. The summed E-state index contributed by atoms with van der Waals surface area (Å²) >= 11 is 1.91. The van der Waals surface area contributed by atoms with Gasteiger partial charge in [-0.2, -0.15) is 0 Å². The third kappa shape index (κ3) is 3.77. The van der Waals surface area contributed by atoms with E-state index in [1.807, 2.05) is 11.3 Å². The average molecular weight is 267 g/mol. The first-order chi connectivity index (χ1) is 8.54. The van der Waals surface area contributed by atoms with Crippen molar-refractivity contribution in [2.24, 2.45) is 5.92 Å². The molecule has 0 bridgehead atoms. The average Bonchev–Trinajstić information content (AvgIpc) is 2.58. The standard InChI is InChI=1S/C14H25N3S/c1-10(2)7-14-16-11(3)13(18-14)8-12-9-17(4)6-5-15-12/h10,12,15H,5-9H2,1-4H3. The van der Waals surface area contributed by atoms with E-state index in [1.54, 1.807) is 0 Å². The number of aromatic nitrogens is 1. The van der Waals surface area contributed by atoms with Crippen LogP contribution in [0.15, 0.2) is 0 Å². The van der Waals surface area contributed by atoms with E-state index in [-0.39, 0.29) is 0 Å². The van der Waals surface area contributed by atoms with Crippen molar-refractivity contribution in [3.8, 4) is 0 Å². The van der Waals surface area contributed by atoms with E-state index in [1.165, 1.54) is 15.6 Å². The lowest BCUT2D eigenvalue weighted by atomic mass is 10.1. The second-order valence-electron chi connectivity index (χ2n) is 5.83. The van der Waals surface area contributed by atoms with Crippen molar-refractivity contribution in [3.05, 3.63) is 15.6 Å². The molecule has 0 amide bonds. The number of nitrogens with one attached hydrogen (secondary N) is 1. The molecule has 2 heterocycles. The quantitative estimate of drug-likeness (QED) is 0.905. The molecule has 0 radical (unpaired) electrons. The van der Waals surface area contributed by atoms with E-state index >= 15 is 0 Å². The molecule has 102 valence electrons. The summed E-state index contributed by atoms with van der Waals surface area (Å²) in [6.07, 6.45) is 2.25. The van der Waals surface area contributed by atoms with Gasteiger partial charge < -0.3 is 10.2 Å². The molecule has 1 N–H and O–H groups in total. The Kier molecular flexibility index (Phi) is 4.76.